The maximum atomic E-state index is 11.7. The number of nitrogens with zero attached hydrogens (tertiary/aromatic N) is 1. The van der Waals surface area contributed by atoms with E-state index in [1.807, 2.05) is 18.3 Å². The Morgan fingerprint density at radius 3 is 2.85 bits per heavy atom. The maximum absolute atomic E-state index is 11.7. The lowest BCUT2D eigenvalue weighted by atomic mass is 10.1. The molecule has 0 amide bonds. The number of fused-ring (bicyclic) bond motifs is 1. The van der Waals surface area contributed by atoms with E-state index in [1.54, 1.807) is 6.07 Å². The highest BCUT2D eigenvalue weighted by Gasteiger charge is 2.14. The van der Waals surface area contributed by atoms with Gasteiger partial charge in [-0.1, -0.05) is 6.92 Å². The SMILES string of the molecule is CCCn1ccc2c(OCCO)cc(C(=O)OC)cc21. The fraction of sp³-hybridized carbons (Fsp3) is 0.400. The molecule has 0 fully saturated rings. The molecule has 2 aromatic rings. The molecule has 0 aliphatic heterocycles. The zero-order chi connectivity index (χ0) is 14.5. The number of aryl methyl sites for hydroxylation is 1. The van der Waals surface area contributed by atoms with Crippen molar-refractivity contribution in [2.24, 2.45) is 0 Å². The van der Waals surface area contributed by atoms with Crippen LogP contribution in [0.5, 0.6) is 5.75 Å². The molecule has 5 nitrogen and oxygen atoms in total. The normalized spacial score (nSPS) is 10.8. The molecule has 0 aliphatic carbocycles. The molecule has 1 heterocycles. The smallest absolute Gasteiger partial charge is 0.338 e. The van der Waals surface area contributed by atoms with Crippen LogP contribution in [0.3, 0.4) is 0 Å². The Kier molecular flexibility index (Phi) is 4.63. The van der Waals surface area contributed by atoms with Crippen molar-refractivity contribution in [2.75, 3.05) is 20.3 Å². The lowest BCUT2D eigenvalue weighted by Gasteiger charge is -2.10. The summed E-state index contributed by atoms with van der Waals surface area (Å²) in [6.45, 7) is 3.09. The van der Waals surface area contributed by atoms with Crippen LogP contribution in [0.4, 0.5) is 0 Å². The van der Waals surface area contributed by atoms with Gasteiger partial charge in [-0.15, -0.1) is 0 Å². The van der Waals surface area contributed by atoms with Gasteiger partial charge in [0.2, 0.25) is 0 Å². The quantitative estimate of drug-likeness (QED) is 0.822. The first-order valence-corrected chi connectivity index (χ1v) is 6.66. The summed E-state index contributed by atoms with van der Waals surface area (Å²) in [5.74, 6) is 0.191. The first-order valence-electron chi connectivity index (χ1n) is 6.66. The molecule has 20 heavy (non-hydrogen) atoms. The van der Waals surface area contributed by atoms with Crippen molar-refractivity contribution in [3.63, 3.8) is 0 Å². The van der Waals surface area contributed by atoms with Crippen LogP contribution in [0.2, 0.25) is 0 Å². The summed E-state index contributed by atoms with van der Waals surface area (Å²) < 4.78 is 12.4. The third-order valence-electron chi connectivity index (χ3n) is 3.09. The Hall–Kier alpha value is -2.01. The van der Waals surface area contributed by atoms with Crippen LogP contribution < -0.4 is 4.74 Å². The standard InChI is InChI=1S/C15H19NO4/c1-3-5-16-6-4-12-13(16)9-11(15(18)19-2)10-14(12)20-8-7-17/h4,6,9-10,17H,3,5,7-8H2,1-2H3. The van der Waals surface area contributed by atoms with Crippen LogP contribution in [-0.4, -0.2) is 36.0 Å². The number of methoxy groups -OCH3 is 1. The molecule has 0 atom stereocenters. The summed E-state index contributed by atoms with van der Waals surface area (Å²) in [6.07, 6.45) is 2.97. The summed E-state index contributed by atoms with van der Waals surface area (Å²) in [5.41, 5.74) is 1.38. The van der Waals surface area contributed by atoms with E-state index in [-0.39, 0.29) is 13.2 Å². The molecule has 0 saturated heterocycles. The minimum absolute atomic E-state index is 0.0698. The van der Waals surface area contributed by atoms with Crippen molar-refractivity contribution in [2.45, 2.75) is 19.9 Å². The number of rotatable bonds is 6. The summed E-state index contributed by atoms with van der Waals surface area (Å²) >= 11 is 0. The van der Waals surface area contributed by atoms with Crippen molar-refractivity contribution in [1.29, 1.82) is 0 Å². The van der Waals surface area contributed by atoms with Crippen molar-refractivity contribution in [3.8, 4) is 5.75 Å². The molecule has 2 rings (SSSR count). The summed E-state index contributed by atoms with van der Waals surface area (Å²) in [7, 11) is 1.35. The largest absolute Gasteiger partial charge is 0.490 e. The highest BCUT2D eigenvalue weighted by atomic mass is 16.5. The van der Waals surface area contributed by atoms with Gasteiger partial charge in [0.15, 0.2) is 0 Å². The second-order valence-electron chi connectivity index (χ2n) is 4.48. The Balaban J connectivity index is 2.53. The van der Waals surface area contributed by atoms with Gasteiger partial charge in [-0.25, -0.2) is 4.79 Å². The predicted molar refractivity (Wildman–Crippen MR) is 76.1 cm³/mol. The van der Waals surface area contributed by atoms with E-state index >= 15 is 0 Å². The molecule has 0 bridgehead atoms. The fourth-order valence-corrected chi connectivity index (χ4v) is 2.21. The minimum Gasteiger partial charge on any atom is -0.490 e. The van der Waals surface area contributed by atoms with Gasteiger partial charge in [-0.05, 0) is 24.6 Å². The first kappa shape index (κ1) is 14.4. The van der Waals surface area contributed by atoms with E-state index in [9.17, 15) is 4.79 Å². The molecule has 1 aromatic carbocycles. The third-order valence-corrected chi connectivity index (χ3v) is 3.09. The molecule has 0 spiro atoms. The number of aliphatic hydroxyl groups excluding tert-OH is 1. The second-order valence-corrected chi connectivity index (χ2v) is 4.48. The summed E-state index contributed by atoms with van der Waals surface area (Å²) in [6, 6.07) is 5.42. The van der Waals surface area contributed by atoms with Gasteiger partial charge in [0.05, 0.1) is 24.8 Å². The number of aliphatic hydroxyl groups is 1. The molecule has 108 valence electrons. The van der Waals surface area contributed by atoms with E-state index in [4.69, 9.17) is 14.6 Å². The van der Waals surface area contributed by atoms with Crippen LogP contribution >= 0.6 is 0 Å². The number of carbonyl (C=O) groups is 1. The average molecular weight is 277 g/mol. The highest BCUT2D eigenvalue weighted by Crippen LogP contribution is 2.29. The number of hydrogen-bond acceptors (Lipinski definition) is 4. The van der Waals surface area contributed by atoms with Gasteiger partial charge in [-0.3, -0.25) is 0 Å². The molecular formula is C15H19NO4. The van der Waals surface area contributed by atoms with Gasteiger partial charge in [0, 0.05) is 18.1 Å². The highest BCUT2D eigenvalue weighted by molar-refractivity contribution is 5.97. The first-order chi connectivity index (χ1) is 9.71. The molecule has 0 aliphatic rings. The van der Waals surface area contributed by atoms with E-state index in [2.05, 4.69) is 11.5 Å². The number of ether oxygens (including phenoxy) is 2. The molecule has 1 aromatic heterocycles. The van der Waals surface area contributed by atoms with Crippen molar-refractivity contribution in [3.05, 3.63) is 30.0 Å². The van der Waals surface area contributed by atoms with Crippen LogP contribution in [0, 0.1) is 0 Å². The van der Waals surface area contributed by atoms with Gasteiger partial charge < -0.3 is 19.1 Å². The molecule has 1 N–H and O–H groups in total. The summed E-state index contributed by atoms with van der Waals surface area (Å²) in [5, 5.41) is 9.82. The lowest BCUT2D eigenvalue weighted by Crippen LogP contribution is -2.06. The maximum Gasteiger partial charge on any atom is 0.338 e. The number of aromatic nitrogens is 1. The third kappa shape index (κ3) is 2.77. The molecule has 0 saturated carbocycles. The Morgan fingerprint density at radius 2 is 2.20 bits per heavy atom. The van der Waals surface area contributed by atoms with E-state index in [0.29, 0.717) is 11.3 Å². The van der Waals surface area contributed by atoms with Crippen molar-refractivity contribution < 1.29 is 19.4 Å². The zero-order valence-corrected chi connectivity index (χ0v) is 11.8. The number of carbonyl (C=O) groups excluding carboxylic acids is 1. The zero-order valence-electron chi connectivity index (χ0n) is 11.8. The van der Waals surface area contributed by atoms with Gasteiger partial charge in [-0.2, -0.15) is 0 Å². The minimum atomic E-state index is -0.398. The van der Waals surface area contributed by atoms with Gasteiger partial charge >= 0.3 is 5.97 Å². The van der Waals surface area contributed by atoms with Crippen molar-refractivity contribution in [1.82, 2.24) is 4.57 Å². The van der Waals surface area contributed by atoms with Crippen molar-refractivity contribution >= 4 is 16.9 Å². The number of esters is 1. The second kappa shape index (κ2) is 6.43. The van der Waals surface area contributed by atoms with Gasteiger partial charge in [0.25, 0.3) is 0 Å². The fourth-order valence-electron chi connectivity index (χ4n) is 2.21. The topological polar surface area (TPSA) is 60.7 Å². The Bertz CT molecular complexity index is 603. The monoisotopic (exact) mass is 277 g/mol. The van der Waals surface area contributed by atoms with Crippen LogP contribution in [0.25, 0.3) is 10.9 Å². The number of benzene rings is 1. The Labute approximate surface area is 117 Å². The van der Waals surface area contributed by atoms with Crippen LogP contribution in [0.15, 0.2) is 24.4 Å². The Morgan fingerprint density at radius 1 is 1.40 bits per heavy atom. The summed E-state index contributed by atoms with van der Waals surface area (Å²) in [4.78, 5) is 11.7. The van der Waals surface area contributed by atoms with Crippen LogP contribution in [0.1, 0.15) is 23.7 Å². The average Bonchev–Trinajstić information content (AvgIpc) is 2.87. The lowest BCUT2D eigenvalue weighted by molar-refractivity contribution is 0.0600. The van der Waals surface area contributed by atoms with E-state index in [1.165, 1.54) is 7.11 Å². The van der Waals surface area contributed by atoms with E-state index < -0.39 is 5.97 Å². The van der Waals surface area contributed by atoms with Gasteiger partial charge in [0.1, 0.15) is 12.4 Å². The number of hydrogen-bond donors (Lipinski definition) is 1. The molecule has 0 unspecified atom stereocenters. The van der Waals surface area contributed by atoms with Crippen LogP contribution in [-0.2, 0) is 11.3 Å². The molecule has 0 radical (unpaired) electrons. The van der Waals surface area contributed by atoms with E-state index in [0.717, 1.165) is 23.9 Å². The molecule has 5 heteroatoms. The predicted octanol–water partition coefficient (Wildman–Crippen LogP) is 2.21. The molecular weight excluding hydrogens is 258 g/mol.